The normalized spacial score (nSPS) is 15.5. The summed E-state index contributed by atoms with van der Waals surface area (Å²) in [5.41, 5.74) is 3.93. The number of hydrogen-bond donors (Lipinski definition) is 1. The Morgan fingerprint density at radius 1 is 1.39 bits per heavy atom. The van der Waals surface area contributed by atoms with Crippen molar-refractivity contribution in [2.75, 3.05) is 6.54 Å². The number of hydrogen-bond acceptors (Lipinski definition) is 1. The van der Waals surface area contributed by atoms with Gasteiger partial charge in [-0.2, -0.15) is 0 Å². The molecule has 2 aromatic rings. The average molecular weight is 263 g/mol. The van der Waals surface area contributed by atoms with E-state index in [1.807, 2.05) is 12.1 Å². The molecule has 1 fully saturated rings. The van der Waals surface area contributed by atoms with E-state index in [2.05, 4.69) is 29.9 Å². The molecule has 0 aliphatic heterocycles. The second-order valence-corrected chi connectivity index (χ2v) is 5.64. The predicted octanol–water partition coefficient (Wildman–Crippen LogP) is 3.43. The number of nitrogens with one attached hydrogen (secondary N) is 1. The van der Waals surface area contributed by atoms with E-state index in [1.54, 1.807) is 0 Å². The molecule has 0 unspecified atom stereocenters. The molecule has 1 aromatic carbocycles. The third-order valence-electron chi connectivity index (χ3n) is 3.97. The molecule has 1 aromatic heterocycles. The van der Waals surface area contributed by atoms with Crippen molar-refractivity contribution in [3.05, 3.63) is 34.5 Å². The summed E-state index contributed by atoms with van der Waals surface area (Å²) in [6, 6.07) is 6.97. The molecule has 0 saturated heterocycles. The summed E-state index contributed by atoms with van der Waals surface area (Å²) >= 11 is 6.31. The Kier molecular flexibility index (Phi) is 3.08. The summed E-state index contributed by atoms with van der Waals surface area (Å²) in [7, 11) is 2.10. The van der Waals surface area contributed by atoms with Gasteiger partial charge in [-0.3, -0.25) is 0 Å². The number of fused-ring (bicyclic) bond motifs is 1. The number of halogens is 1. The number of aryl methyl sites for hydroxylation is 1. The van der Waals surface area contributed by atoms with Crippen LogP contribution in [0.25, 0.3) is 10.9 Å². The van der Waals surface area contributed by atoms with Crippen molar-refractivity contribution in [1.29, 1.82) is 0 Å². The number of aromatic nitrogens is 1. The van der Waals surface area contributed by atoms with Crippen LogP contribution in [0.3, 0.4) is 0 Å². The summed E-state index contributed by atoms with van der Waals surface area (Å²) in [5, 5.41) is 5.73. The minimum absolute atomic E-state index is 0.781. The van der Waals surface area contributed by atoms with Crippen molar-refractivity contribution in [1.82, 2.24) is 9.88 Å². The van der Waals surface area contributed by atoms with Crippen LogP contribution in [-0.2, 0) is 13.5 Å². The number of rotatable bonds is 4. The monoisotopic (exact) mass is 262 g/mol. The van der Waals surface area contributed by atoms with Gasteiger partial charge in [0, 0.05) is 24.2 Å². The lowest BCUT2D eigenvalue weighted by Crippen LogP contribution is -2.19. The Bertz CT molecular complexity index is 582. The van der Waals surface area contributed by atoms with Gasteiger partial charge in [-0.15, -0.1) is 0 Å². The number of benzene rings is 1. The third-order valence-corrected chi connectivity index (χ3v) is 4.28. The Hall–Kier alpha value is -0.990. The van der Waals surface area contributed by atoms with Gasteiger partial charge in [-0.05, 0) is 44.4 Å². The molecule has 0 amide bonds. The highest BCUT2D eigenvalue weighted by molar-refractivity contribution is 6.35. The highest BCUT2D eigenvalue weighted by Crippen LogP contribution is 2.30. The van der Waals surface area contributed by atoms with Crippen LogP contribution < -0.4 is 5.32 Å². The summed E-state index contributed by atoms with van der Waals surface area (Å²) in [6.45, 7) is 3.25. The van der Waals surface area contributed by atoms with Crippen LogP contribution in [0.15, 0.2) is 18.2 Å². The Morgan fingerprint density at radius 2 is 2.17 bits per heavy atom. The van der Waals surface area contributed by atoms with E-state index in [1.165, 1.54) is 29.5 Å². The van der Waals surface area contributed by atoms with Crippen LogP contribution in [-0.4, -0.2) is 17.2 Å². The van der Waals surface area contributed by atoms with Gasteiger partial charge < -0.3 is 9.88 Å². The molecule has 1 saturated carbocycles. The van der Waals surface area contributed by atoms with Gasteiger partial charge >= 0.3 is 0 Å². The largest absolute Gasteiger partial charge is 0.346 e. The van der Waals surface area contributed by atoms with Gasteiger partial charge in [0.15, 0.2) is 0 Å². The standard InChI is InChI=1S/C15H19ClN2/c1-10-12(8-9-17-11-6-7-11)13-4-3-5-14(16)15(13)18(10)2/h3-5,11,17H,6-9H2,1-2H3. The topological polar surface area (TPSA) is 17.0 Å². The maximum Gasteiger partial charge on any atom is 0.0672 e. The molecule has 1 aliphatic carbocycles. The maximum atomic E-state index is 6.31. The molecular weight excluding hydrogens is 244 g/mol. The van der Waals surface area contributed by atoms with E-state index in [4.69, 9.17) is 11.6 Å². The second kappa shape index (κ2) is 4.60. The van der Waals surface area contributed by atoms with E-state index < -0.39 is 0 Å². The quantitative estimate of drug-likeness (QED) is 0.893. The molecule has 1 aliphatic rings. The van der Waals surface area contributed by atoms with Gasteiger partial charge in [0.25, 0.3) is 0 Å². The number of para-hydroxylation sites is 1. The van der Waals surface area contributed by atoms with Crippen molar-refractivity contribution in [2.45, 2.75) is 32.2 Å². The zero-order valence-electron chi connectivity index (χ0n) is 11.0. The highest BCUT2D eigenvalue weighted by atomic mass is 35.5. The number of nitrogens with zero attached hydrogens (tertiary/aromatic N) is 1. The van der Waals surface area contributed by atoms with Crippen molar-refractivity contribution >= 4 is 22.5 Å². The zero-order chi connectivity index (χ0) is 12.7. The minimum atomic E-state index is 0.781. The van der Waals surface area contributed by atoms with Crippen LogP contribution >= 0.6 is 11.6 Å². The molecule has 1 N–H and O–H groups in total. The van der Waals surface area contributed by atoms with Gasteiger partial charge in [0.1, 0.15) is 0 Å². The summed E-state index contributed by atoms with van der Waals surface area (Å²) in [6.07, 6.45) is 3.78. The molecule has 18 heavy (non-hydrogen) atoms. The van der Waals surface area contributed by atoms with Crippen LogP contribution in [0.2, 0.25) is 5.02 Å². The van der Waals surface area contributed by atoms with Crippen molar-refractivity contribution in [3.63, 3.8) is 0 Å². The van der Waals surface area contributed by atoms with Crippen molar-refractivity contribution in [3.8, 4) is 0 Å². The SMILES string of the molecule is Cc1c(CCNC2CC2)c2cccc(Cl)c2n1C. The van der Waals surface area contributed by atoms with E-state index in [-0.39, 0.29) is 0 Å². The van der Waals surface area contributed by atoms with Crippen LogP contribution in [0.1, 0.15) is 24.1 Å². The highest BCUT2D eigenvalue weighted by Gasteiger charge is 2.20. The molecule has 1 heterocycles. The fourth-order valence-corrected chi connectivity index (χ4v) is 2.97. The van der Waals surface area contributed by atoms with Crippen LogP contribution in [0.4, 0.5) is 0 Å². The first-order chi connectivity index (χ1) is 8.68. The van der Waals surface area contributed by atoms with Gasteiger partial charge in [0.05, 0.1) is 10.5 Å². The summed E-state index contributed by atoms with van der Waals surface area (Å²) < 4.78 is 2.21. The maximum absolute atomic E-state index is 6.31. The minimum Gasteiger partial charge on any atom is -0.346 e. The molecule has 3 rings (SSSR count). The Balaban J connectivity index is 1.94. The lowest BCUT2D eigenvalue weighted by Gasteiger charge is -2.04. The molecule has 0 bridgehead atoms. The average Bonchev–Trinajstić information content (AvgIpc) is 3.13. The molecule has 0 atom stereocenters. The second-order valence-electron chi connectivity index (χ2n) is 5.24. The van der Waals surface area contributed by atoms with E-state index in [9.17, 15) is 0 Å². The Labute approximate surface area is 113 Å². The molecular formula is C15H19ClN2. The summed E-state index contributed by atoms with van der Waals surface area (Å²) in [5.74, 6) is 0. The Morgan fingerprint density at radius 3 is 2.89 bits per heavy atom. The van der Waals surface area contributed by atoms with Gasteiger partial charge in [-0.25, -0.2) is 0 Å². The zero-order valence-corrected chi connectivity index (χ0v) is 11.7. The molecule has 96 valence electrons. The van der Waals surface area contributed by atoms with Crippen LogP contribution in [0.5, 0.6) is 0 Å². The predicted molar refractivity (Wildman–Crippen MR) is 77.4 cm³/mol. The van der Waals surface area contributed by atoms with Crippen LogP contribution in [0, 0.1) is 6.92 Å². The molecule has 2 nitrogen and oxygen atoms in total. The first-order valence-electron chi connectivity index (χ1n) is 6.64. The third kappa shape index (κ3) is 2.04. The van der Waals surface area contributed by atoms with E-state index >= 15 is 0 Å². The lowest BCUT2D eigenvalue weighted by atomic mass is 10.1. The smallest absolute Gasteiger partial charge is 0.0672 e. The first-order valence-corrected chi connectivity index (χ1v) is 7.02. The van der Waals surface area contributed by atoms with Gasteiger partial charge in [0.2, 0.25) is 0 Å². The molecule has 0 radical (unpaired) electrons. The lowest BCUT2D eigenvalue weighted by molar-refractivity contribution is 0.680. The first kappa shape index (κ1) is 12.1. The fraction of sp³-hybridized carbons (Fsp3) is 0.467. The fourth-order valence-electron chi connectivity index (χ4n) is 2.67. The van der Waals surface area contributed by atoms with Crippen molar-refractivity contribution < 1.29 is 0 Å². The molecule has 3 heteroatoms. The summed E-state index contributed by atoms with van der Waals surface area (Å²) in [4.78, 5) is 0. The molecule has 0 spiro atoms. The van der Waals surface area contributed by atoms with Crippen molar-refractivity contribution in [2.24, 2.45) is 7.05 Å². The van der Waals surface area contributed by atoms with E-state index in [0.29, 0.717) is 0 Å². The van der Waals surface area contributed by atoms with E-state index in [0.717, 1.165) is 29.5 Å². The van der Waals surface area contributed by atoms with Gasteiger partial charge in [-0.1, -0.05) is 23.7 Å².